The van der Waals surface area contributed by atoms with Gasteiger partial charge in [0.2, 0.25) is 11.0 Å². The zero-order valence-electron chi connectivity index (χ0n) is 15.9. The molecule has 0 radical (unpaired) electrons. The van der Waals surface area contributed by atoms with Gasteiger partial charge in [-0.05, 0) is 31.0 Å². The lowest BCUT2D eigenvalue weighted by atomic mass is 10.1. The smallest absolute Gasteiger partial charge is 0.251 e. The van der Waals surface area contributed by atoms with E-state index in [4.69, 9.17) is 0 Å². The van der Waals surface area contributed by atoms with Gasteiger partial charge in [-0.2, -0.15) is 0 Å². The van der Waals surface area contributed by atoms with E-state index in [1.165, 1.54) is 22.5 Å². The van der Waals surface area contributed by atoms with E-state index in [0.29, 0.717) is 10.7 Å². The first-order valence-corrected chi connectivity index (χ1v) is 9.94. The Morgan fingerprint density at radius 2 is 1.71 bits per heavy atom. The highest BCUT2D eigenvalue weighted by Gasteiger charge is 2.11. The lowest BCUT2D eigenvalue weighted by molar-refractivity contribution is -0.116. The molecule has 0 unspecified atom stereocenters. The molecule has 1 heterocycles. The number of nitrogens with zero attached hydrogens (tertiary/aromatic N) is 2. The second-order valence-electron chi connectivity index (χ2n) is 6.38. The van der Waals surface area contributed by atoms with Crippen LogP contribution in [0.2, 0.25) is 0 Å². The van der Waals surface area contributed by atoms with Crippen LogP contribution in [-0.4, -0.2) is 28.6 Å². The molecule has 1 aromatic heterocycles. The number of carbonyl (C=O) groups excluding carboxylic acids is 2. The third kappa shape index (κ3) is 5.23. The van der Waals surface area contributed by atoms with Crippen molar-refractivity contribution in [3.63, 3.8) is 0 Å². The molecule has 0 aliphatic carbocycles. The van der Waals surface area contributed by atoms with Crippen LogP contribution in [0.1, 0.15) is 34.8 Å². The molecule has 3 rings (SSSR count). The van der Waals surface area contributed by atoms with Crippen LogP contribution in [0.3, 0.4) is 0 Å². The Kier molecular flexibility index (Phi) is 6.49. The van der Waals surface area contributed by atoms with Crippen molar-refractivity contribution < 1.29 is 9.59 Å². The highest BCUT2D eigenvalue weighted by atomic mass is 32.1. The summed E-state index contributed by atoms with van der Waals surface area (Å²) in [6.45, 7) is 4.34. The number of carbonyl (C=O) groups is 2. The van der Waals surface area contributed by atoms with Crippen LogP contribution in [0.25, 0.3) is 10.6 Å². The van der Waals surface area contributed by atoms with E-state index in [-0.39, 0.29) is 24.8 Å². The van der Waals surface area contributed by atoms with Crippen LogP contribution in [0.5, 0.6) is 0 Å². The minimum Gasteiger partial charge on any atom is -0.352 e. The maximum Gasteiger partial charge on any atom is 0.251 e. The molecule has 2 N–H and O–H groups in total. The molecule has 2 aromatic carbocycles. The second kappa shape index (κ2) is 9.23. The summed E-state index contributed by atoms with van der Waals surface area (Å²) in [5.41, 5.74) is 3.90. The van der Waals surface area contributed by atoms with Crippen molar-refractivity contribution in [3.05, 3.63) is 65.2 Å². The first-order chi connectivity index (χ1) is 13.5. The van der Waals surface area contributed by atoms with E-state index in [2.05, 4.69) is 27.8 Å². The van der Waals surface area contributed by atoms with Crippen molar-refractivity contribution in [2.75, 3.05) is 11.9 Å². The normalized spacial score (nSPS) is 10.5. The van der Waals surface area contributed by atoms with Gasteiger partial charge in [0.15, 0.2) is 0 Å². The fraction of sp³-hybridized carbons (Fsp3) is 0.238. The molecular weight excluding hydrogens is 372 g/mol. The summed E-state index contributed by atoms with van der Waals surface area (Å²) in [4.78, 5) is 24.2. The quantitative estimate of drug-likeness (QED) is 0.638. The van der Waals surface area contributed by atoms with Crippen molar-refractivity contribution in [3.8, 4) is 10.6 Å². The van der Waals surface area contributed by atoms with Crippen LogP contribution in [-0.2, 0) is 11.2 Å². The number of aryl methyl sites for hydroxylation is 2. The van der Waals surface area contributed by atoms with Gasteiger partial charge in [0, 0.05) is 24.1 Å². The number of hydrogen-bond acceptors (Lipinski definition) is 5. The number of aromatic nitrogens is 2. The Labute approximate surface area is 168 Å². The fourth-order valence-electron chi connectivity index (χ4n) is 2.55. The summed E-state index contributed by atoms with van der Waals surface area (Å²) in [5.74, 6) is -0.402. The van der Waals surface area contributed by atoms with Crippen LogP contribution < -0.4 is 10.6 Å². The summed E-state index contributed by atoms with van der Waals surface area (Å²) < 4.78 is 0. The summed E-state index contributed by atoms with van der Waals surface area (Å²) in [6, 6.07) is 15.4. The van der Waals surface area contributed by atoms with Gasteiger partial charge >= 0.3 is 0 Å². The van der Waals surface area contributed by atoms with Gasteiger partial charge in [0.25, 0.3) is 5.91 Å². The average molecular weight is 395 g/mol. The molecule has 0 bridgehead atoms. The van der Waals surface area contributed by atoms with E-state index >= 15 is 0 Å². The third-order valence-electron chi connectivity index (χ3n) is 4.23. The Morgan fingerprint density at radius 1 is 1.00 bits per heavy atom. The summed E-state index contributed by atoms with van der Waals surface area (Å²) in [7, 11) is 0. The van der Waals surface area contributed by atoms with Crippen molar-refractivity contribution in [2.45, 2.75) is 26.7 Å². The van der Waals surface area contributed by atoms with Crippen LogP contribution >= 0.6 is 11.3 Å². The monoisotopic (exact) mass is 394 g/mol. The third-order valence-corrected chi connectivity index (χ3v) is 5.12. The summed E-state index contributed by atoms with van der Waals surface area (Å²) in [6.07, 6.45) is 1.09. The lowest BCUT2D eigenvalue weighted by Crippen LogP contribution is -2.27. The van der Waals surface area contributed by atoms with Crippen LogP contribution in [0.4, 0.5) is 5.13 Å². The van der Waals surface area contributed by atoms with Crippen molar-refractivity contribution in [2.24, 2.45) is 0 Å². The zero-order valence-corrected chi connectivity index (χ0v) is 16.7. The topological polar surface area (TPSA) is 84.0 Å². The van der Waals surface area contributed by atoms with Gasteiger partial charge in [0.05, 0.1) is 0 Å². The lowest BCUT2D eigenvalue weighted by Gasteiger charge is -2.06. The molecule has 144 valence electrons. The van der Waals surface area contributed by atoms with E-state index in [1.807, 2.05) is 43.3 Å². The van der Waals surface area contributed by atoms with Gasteiger partial charge in [0.1, 0.15) is 5.01 Å². The Balaban J connectivity index is 1.46. The molecule has 28 heavy (non-hydrogen) atoms. The predicted octanol–water partition coefficient (Wildman–Crippen LogP) is 3.83. The van der Waals surface area contributed by atoms with Gasteiger partial charge in [-0.25, -0.2) is 0 Å². The molecule has 0 aliphatic heterocycles. The van der Waals surface area contributed by atoms with Gasteiger partial charge in [-0.15, -0.1) is 10.2 Å². The first kappa shape index (κ1) is 19.7. The molecule has 0 saturated carbocycles. The molecule has 7 heteroatoms. The molecular formula is C21H22N4O2S. The van der Waals surface area contributed by atoms with Gasteiger partial charge < -0.3 is 10.6 Å². The van der Waals surface area contributed by atoms with E-state index in [1.54, 1.807) is 12.1 Å². The predicted molar refractivity (Wildman–Crippen MR) is 111 cm³/mol. The second-order valence-corrected chi connectivity index (χ2v) is 7.36. The fourth-order valence-corrected chi connectivity index (χ4v) is 3.32. The number of amides is 2. The number of rotatable bonds is 7. The minimum absolute atomic E-state index is 0.165. The highest BCUT2D eigenvalue weighted by Crippen LogP contribution is 2.26. The molecule has 0 fully saturated rings. The van der Waals surface area contributed by atoms with E-state index in [9.17, 15) is 9.59 Å². The minimum atomic E-state index is -0.215. The summed E-state index contributed by atoms with van der Waals surface area (Å²) in [5, 5.41) is 14.8. The van der Waals surface area contributed by atoms with Crippen LogP contribution in [0, 0.1) is 6.92 Å². The molecule has 2 amide bonds. The molecule has 0 saturated heterocycles. The molecule has 3 aromatic rings. The van der Waals surface area contributed by atoms with E-state index in [0.717, 1.165) is 17.0 Å². The zero-order chi connectivity index (χ0) is 19.9. The molecule has 0 atom stereocenters. The van der Waals surface area contributed by atoms with Crippen molar-refractivity contribution in [1.29, 1.82) is 0 Å². The maximum atomic E-state index is 12.1. The Morgan fingerprint density at radius 3 is 2.39 bits per heavy atom. The molecule has 0 aliphatic rings. The Bertz CT molecular complexity index is 949. The SMILES string of the molecule is CCc1ccc(C(=O)NCCC(=O)Nc2nnc(-c3ccc(C)cc3)s2)cc1. The number of benzene rings is 2. The standard InChI is InChI=1S/C21H22N4O2S/c1-3-15-6-10-16(11-7-15)19(27)22-13-12-18(26)23-21-25-24-20(28-21)17-8-4-14(2)5-9-17/h4-11H,3,12-13H2,1-2H3,(H,22,27)(H,23,25,26). The van der Waals surface area contributed by atoms with Gasteiger partial charge in [-0.1, -0.05) is 60.2 Å². The number of hydrogen-bond donors (Lipinski definition) is 2. The number of nitrogens with one attached hydrogen (secondary N) is 2. The Hall–Kier alpha value is -3.06. The highest BCUT2D eigenvalue weighted by molar-refractivity contribution is 7.18. The first-order valence-electron chi connectivity index (χ1n) is 9.12. The number of anilines is 1. The largest absolute Gasteiger partial charge is 0.352 e. The van der Waals surface area contributed by atoms with E-state index < -0.39 is 0 Å². The average Bonchev–Trinajstić information content (AvgIpc) is 3.16. The van der Waals surface area contributed by atoms with Gasteiger partial charge in [-0.3, -0.25) is 9.59 Å². The van der Waals surface area contributed by atoms with Crippen molar-refractivity contribution in [1.82, 2.24) is 15.5 Å². The maximum absolute atomic E-state index is 12.1. The molecule has 6 nitrogen and oxygen atoms in total. The van der Waals surface area contributed by atoms with Crippen molar-refractivity contribution >= 4 is 28.3 Å². The van der Waals surface area contributed by atoms with Crippen LogP contribution in [0.15, 0.2) is 48.5 Å². The molecule has 0 spiro atoms. The summed E-state index contributed by atoms with van der Waals surface area (Å²) >= 11 is 1.32.